The molecule has 3 fully saturated rings. The van der Waals surface area contributed by atoms with E-state index >= 15 is 0 Å². The Bertz CT molecular complexity index is 323. The number of piperazine rings is 1. The smallest absolute Gasteiger partial charge is 0.228 e. The molecular formula is C14H24N2O3. The van der Waals surface area contributed by atoms with Gasteiger partial charge in [-0.05, 0) is 25.7 Å². The molecule has 0 spiro atoms. The average molecular weight is 268 g/mol. The van der Waals surface area contributed by atoms with Crippen molar-refractivity contribution in [1.29, 1.82) is 0 Å². The monoisotopic (exact) mass is 268 g/mol. The van der Waals surface area contributed by atoms with Crippen LogP contribution in [0.4, 0.5) is 0 Å². The van der Waals surface area contributed by atoms with Crippen LogP contribution in [0.15, 0.2) is 0 Å². The molecule has 1 saturated carbocycles. The van der Waals surface area contributed by atoms with Crippen LogP contribution in [0.2, 0.25) is 0 Å². The van der Waals surface area contributed by atoms with Crippen molar-refractivity contribution in [2.75, 3.05) is 39.4 Å². The first-order valence-corrected chi connectivity index (χ1v) is 7.54. The van der Waals surface area contributed by atoms with E-state index in [2.05, 4.69) is 4.90 Å². The quantitative estimate of drug-likeness (QED) is 0.770. The van der Waals surface area contributed by atoms with Gasteiger partial charge in [-0.1, -0.05) is 0 Å². The van der Waals surface area contributed by atoms with Crippen molar-refractivity contribution in [1.82, 2.24) is 9.80 Å². The predicted octanol–water partition coefficient (Wildman–Crippen LogP) is 0.0805. The lowest BCUT2D eigenvalue weighted by atomic mass is 10.1. The fourth-order valence-electron chi connectivity index (χ4n) is 3.61. The topological polar surface area (TPSA) is 53.0 Å². The van der Waals surface area contributed by atoms with Crippen LogP contribution in [0.3, 0.4) is 0 Å². The van der Waals surface area contributed by atoms with Crippen molar-refractivity contribution in [3.63, 3.8) is 0 Å². The van der Waals surface area contributed by atoms with Gasteiger partial charge in [-0.25, -0.2) is 0 Å². The Morgan fingerprint density at radius 3 is 2.47 bits per heavy atom. The van der Waals surface area contributed by atoms with E-state index in [1.54, 1.807) is 0 Å². The fourth-order valence-corrected chi connectivity index (χ4v) is 3.61. The van der Waals surface area contributed by atoms with Crippen LogP contribution in [0.5, 0.6) is 0 Å². The number of ether oxygens (including phenoxy) is 1. The number of hydrogen-bond acceptors (Lipinski definition) is 4. The Hall–Kier alpha value is -0.650. The number of aliphatic hydroxyl groups is 1. The second kappa shape index (κ2) is 5.77. The van der Waals surface area contributed by atoms with Crippen LogP contribution < -0.4 is 0 Å². The molecule has 2 heterocycles. The number of hydrogen-bond donors (Lipinski definition) is 1. The third-order valence-corrected chi connectivity index (χ3v) is 4.82. The maximum absolute atomic E-state index is 12.3. The van der Waals surface area contributed by atoms with Gasteiger partial charge in [-0.2, -0.15) is 0 Å². The lowest BCUT2D eigenvalue weighted by Gasteiger charge is -2.39. The minimum atomic E-state index is -0.162. The molecule has 3 aliphatic rings. The summed E-state index contributed by atoms with van der Waals surface area (Å²) in [6.45, 7) is 4.74. The zero-order chi connectivity index (χ0) is 13.2. The molecule has 0 bridgehead atoms. The molecule has 0 aromatic carbocycles. The number of carbonyl (C=O) groups is 1. The van der Waals surface area contributed by atoms with Crippen molar-refractivity contribution in [2.24, 2.45) is 5.92 Å². The molecule has 2 aliphatic heterocycles. The summed E-state index contributed by atoms with van der Waals surface area (Å²) in [5, 5.41) is 9.95. The molecule has 108 valence electrons. The molecule has 2 saturated heterocycles. The van der Waals surface area contributed by atoms with Crippen molar-refractivity contribution in [3.8, 4) is 0 Å². The SMILES string of the molecule is O=C([C@@H]1CCOC1)N1CCN([C@@H]2CCC[C@H]2O)CC1. The second-order valence-corrected chi connectivity index (χ2v) is 5.99. The lowest BCUT2D eigenvalue weighted by Crippen LogP contribution is -2.54. The molecular weight excluding hydrogens is 244 g/mol. The van der Waals surface area contributed by atoms with E-state index in [1.807, 2.05) is 4.90 Å². The zero-order valence-electron chi connectivity index (χ0n) is 11.5. The number of amides is 1. The van der Waals surface area contributed by atoms with Crippen LogP contribution in [0.25, 0.3) is 0 Å². The van der Waals surface area contributed by atoms with Gasteiger partial charge in [-0.15, -0.1) is 0 Å². The molecule has 1 aliphatic carbocycles. The van der Waals surface area contributed by atoms with Gasteiger partial charge < -0.3 is 14.7 Å². The average Bonchev–Trinajstić information content (AvgIpc) is 3.09. The summed E-state index contributed by atoms with van der Waals surface area (Å²) < 4.78 is 5.29. The number of rotatable bonds is 2. The highest BCUT2D eigenvalue weighted by atomic mass is 16.5. The molecule has 5 nitrogen and oxygen atoms in total. The van der Waals surface area contributed by atoms with Crippen molar-refractivity contribution in [3.05, 3.63) is 0 Å². The van der Waals surface area contributed by atoms with E-state index in [4.69, 9.17) is 4.74 Å². The molecule has 0 aromatic heterocycles. The molecule has 19 heavy (non-hydrogen) atoms. The minimum absolute atomic E-state index is 0.0867. The maximum Gasteiger partial charge on any atom is 0.228 e. The first-order valence-electron chi connectivity index (χ1n) is 7.54. The maximum atomic E-state index is 12.3. The van der Waals surface area contributed by atoms with Gasteiger partial charge in [0.15, 0.2) is 0 Å². The molecule has 5 heteroatoms. The van der Waals surface area contributed by atoms with Crippen LogP contribution in [0.1, 0.15) is 25.7 Å². The van der Waals surface area contributed by atoms with Gasteiger partial charge in [0.05, 0.1) is 18.6 Å². The number of carbonyl (C=O) groups excluding carboxylic acids is 1. The Kier molecular flexibility index (Phi) is 4.05. The summed E-state index contributed by atoms with van der Waals surface area (Å²) in [7, 11) is 0. The van der Waals surface area contributed by atoms with Gasteiger partial charge >= 0.3 is 0 Å². The van der Waals surface area contributed by atoms with E-state index in [0.717, 1.165) is 58.5 Å². The highest BCUT2D eigenvalue weighted by Gasteiger charge is 2.35. The van der Waals surface area contributed by atoms with Crippen LogP contribution in [-0.2, 0) is 9.53 Å². The first-order chi connectivity index (χ1) is 9.25. The third kappa shape index (κ3) is 2.78. The summed E-state index contributed by atoms with van der Waals surface area (Å²) in [5.41, 5.74) is 0. The number of nitrogens with zero attached hydrogens (tertiary/aromatic N) is 2. The Morgan fingerprint density at radius 1 is 1.11 bits per heavy atom. The van der Waals surface area contributed by atoms with Crippen molar-refractivity contribution in [2.45, 2.75) is 37.8 Å². The standard InChI is InChI=1S/C14H24N2O3/c17-13-3-1-2-12(13)15-5-7-16(8-6-15)14(18)11-4-9-19-10-11/h11-13,17H,1-10H2/t11-,12-,13-/m1/s1. The highest BCUT2D eigenvalue weighted by Crippen LogP contribution is 2.25. The van der Waals surface area contributed by atoms with Gasteiger partial charge in [0.2, 0.25) is 5.91 Å². The minimum Gasteiger partial charge on any atom is -0.391 e. The van der Waals surface area contributed by atoms with E-state index < -0.39 is 0 Å². The second-order valence-electron chi connectivity index (χ2n) is 5.99. The van der Waals surface area contributed by atoms with Gasteiger partial charge in [0.1, 0.15) is 0 Å². The molecule has 3 atom stereocenters. The summed E-state index contributed by atoms with van der Waals surface area (Å²) >= 11 is 0. The Morgan fingerprint density at radius 2 is 1.89 bits per heavy atom. The van der Waals surface area contributed by atoms with E-state index in [1.165, 1.54) is 0 Å². The Balaban J connectivity index is 1.50. The summed E-state index contributed by atoms with van der Waals surface area (Å²) in [6.07, 6.45) is 3.88. The summed E-state index contributed by atoms with van der Waals surface area (Å²) in [4.78, 5) is 16.6. The molecule has 1 N–H and O–H groups in total. The van der Waals surface area contributed by atoms with E-state index in [9.17, 15) is 9.90 Å². The first kappa shape index (κ1) is 13.3. The van der Waals surface area contributed by atoms with Crippen molar-refractivity contribution >= 4 is 5.91 Å². The Labute approximate surface area is 114 Å². The van der Waals surface area contributed by atoms with Gasteiger partial charge in [0.25, 0.3) is 0 Å². The highest BCUT2D eigenvalue weighted by molar-refractivity contribution is 5.79. The van der Waals surface area contributed by atoms with Crippen molar-refractivity contribution < 1.29 is 14.6 Å². The molecule has 3 rings (SSSR count). The molecule has 0 radical (unpaired) electrons. The van der Waals surface area contributed by atoms with Crippen LogP contribution in [-0.4, -0.2) is 72.4 Å². The largest absolute Gasteiger partial charge is 0.391 e. The molecule has 1 amide bonds. The van der Waals surface area contributed by atoms with Gasteiger partial charge in [-0.3, -0.25) is 9.69 Å². The predicted molar refractivity (Wildman–Crippen MR) is 70.7 cm³/mol. The molecule has 0 aromatic rings. The van der Waals surface area contributed by atoms with E-state index in [0.29, 0.717) is 12.6 Å². The van der Waals surface area contributed by atoms with Gasteiger partial charge in [0, 0.05) is 38.8 Å². The fraction of sp³-hybridized carbons (Fsp3) is 0.929. The normalized spacial score (nSPS) is 36.9. The molecule has 0 unspecified atom stereocenters. The van der Waals surface area contributed by atoms with Crippen LogP contribution in [0, 0.1) is 5.92 Å². The van der Waals surface area contributed by atoms with Crippen LogP contribution >= 0.6 is 0 Å². The number of aliphatic hydroxyl groups excluding tert-OH is 1. The summed E-state index contributed by atoms with van der Waals surface area (Å²) in [6, 6.07) is 0.326. The third-order valence-electron chi connectivity index (χ3n) is 4.82. The lowest BCUT2D eigenvalue weighted by molar-refractivity contribution is -0.137. The summed E-state index contributed by atoms with van der Waals surface area (Å²) in [5.74, 6) is 0.354. The zero-order valence-corrected chi connectivity index (χ0v) is 11.5. The van der Waals surface area contributed by atoms with E-state index in [-0.39, 0.29) is 17.9 Å².